The van der Waals surface area contributed by atoms with Crippen molar-refractivity contribution in [2.24, 2.45) is 5.92 Å². The SMILES string of the molecule is CC(C)Cc1ccc(-c2cc(C(=O)Nc3ccc(OC[C@H](O)CO)cc3)no2)cc1. The Bertz CT molecular complexity index is 948. The van der Waals surface area contributed by atoms with Crippen LogP contribution < -0.4 is 10.1 Å². The van der Waals surface area contributed by atoms with Crippen LogP contribution in [0.15, 0.2) is 59.1 Å². The number of carbonyl (C=O) groups is 1. The summed E-state index contributed by atoms with van der Waals surface area (Å²) < 4.78 is 10.7. The van der Waals surface area contributed by atoms with Crippen molar-refractivity contribution in [1.82, 2.24) is 5.16 Å². The Balaban J connectivity index is 1.59. The highest BCUT2D eigenvalue weighted by Gasteiger charge is 2.14. The third-order valence-corrected chi connectivity index (χ3v) is 4.39. The van der Waals surface area contributed by atoms with Gasteiger partial charge in [-0.3, -0.25) is 4.79 Å². The molecule has 0 radical (unpaired) electrons. The molecule has 2 aromatic carbocycles. The number of nitrogens with one attached hydrogen (secondary N) is 1. The van der Waals surface area contributed by atoms with Crippen LogP contribution in [-0.4, -0.2) is 40.6 Å². The van der Waals surface area contributed by atoms with Gasteiger partial charge in [-0.05, 0) is 42.2 Å². The minimum Gasteiger partial charge on any atom is -0.491 e. The van der Waals surface area contributed by atoms with E-state index < -0.39 is 6.10 Å². The zero-order chi connectivity index (χ0) is 21.5. The number of hydrogen-bond donors (Lipinski definition) is 3. The Morgan fingerprint density at radius 1 is 1.13 bits per heavy atom. The van der Waals surface area contributed by atoms with E-state index in [0.717, 1.165) is 12.0 Å². The molecule has 7 heteroatoms. The number of aliphatic hydroxyl groups excluding tert-OH is 2. The van der Waals surface area contributed by atoms with Crippen molar-refractivity contribution in [3.05, 3.63) is 65.9 Å². The first kappa shape index (κ1) is 21.5. The maximum Gasteiger partial charge on any atom is 0.277 e. The highest BCUT2D eigenvalue weighted by atomic mass is 16.5. The van der Waals surface area contributed by atoms with Gasteiger partial charge in [-0.1, -0.05) is 43.3 Å². The fourth-order valence-electron chi connectivity index (χ4n) is 2.87. The van der Waals surface area contributed by atoms with Crippen LogP contribution in [0, 0.1) is 5.92 Å². The largest absolute Gasteiger partial charge is 0.491 e. The molecule has 0 saturated carbocycles. The average Bonchev–Trinajstić information content (AvgIpc) is 3.23. The fraction of sp³-hybridized carbons (Fsp3) is 0.304. The number of amides is 1. The first-order valence-corrected chi connectivity index (χ1v) is 9.83. The van der Waals surface area contributed by atoms with Crippen molar-refractivity contribution >= 4 is 11.6 Å². The summed E-state index contributed by atoms with van der Waals surface area (Å²) in [5.41, 5.74) is 2.87. The van der Waals surface area contributed by atoms with E-state index in [1.165, 1.54) is 5.56 Å². The summed E-state index contributed by atoms with van der Waals surface area (Å²) in [5.74, 6) is 1.25. The molecule has 7 nitrogen and oxygen atoms in total. The third kappa shape index (κ3) is 5.92. The van der Waals surface area contributed by atoms with Gasteiger partial charge in [0.15, 0.2) is 11.5 Å². The second kappa shape index (κ2) is 10.0. The number of aliphatic hydroxyl groups is 2. The van der Waals surface area contributed by atoms with Gasteiger partial charge >= 0.3 is 0 Å². The lowest BCUT2D eigenvalue weighted by molar-refractivity contribution is 0.0536. The minimum atomic E-state index is -0.933. The summed E-state index contributed by atoms with van der Waals surface area (Å²) in [5, 5.41) is 24.7. The Morgan fingerprint density at radius 3 is 2.47 bits per heavy atom. The maximum atomic E-state index is 12.4. The second-order valence-corrected chi connectivity index (χ2v) is 7.50. The smallest absolute Gasteiger partial charge is 0.277 e. The molecule has 30 heavy (non-hydrogen) atoms. The van der Waals surface area contributed by atoms with E-state index in [-0.39, 0.29) is 24.8 Å². The second-order valence-electron chi connectivity index (χ2n) is 7.50. The predicted octanol–water partition coefficient (Wildman–Crippen LogP) is 3.52. The molecule has 0 aliphatic carbocycles. The zero-order valence-corrected chi connectivity index (χ0v) is 17.0. The van der Waals surface area contributed by atoms with Crippen molar-refractivity contribution in [1.29, 1.82) is 0 Å². The lowest BCUT2D eigenvalue weighted by Crippen LogP contribution is -2.21. The molecular weight excluding hydrogens is 384 g/mol. The standard InChI is InChI=1S/C23H26N2O5/c1-15(2)11-16-3-5-17(6-4-16)22-12-21(25-30-22)23(28)24-18-7-9-20(10-8-18)29-14-19(27)13-26/h3-10,12,15,19,26-27H,11,13-14H2,1-2H3,(H,24,28)/t19-/m1/s1. The number of anilines is 1. The van der Waals surface area contributed by atoms with E-state index in [0.29, 0.717) is 23.1 Å². The van der Waals surface area contributed by atoms with E-state index in [1.807, 2.05) is 12.1 Å². The fourth-order valence-corrected chi connectivity index (χ4v) is 2.87. The minimum absolute atomic E-state index is 0.0115. The first-order valence-electron chi connectivity index (χ1n) is 9.83. The number of carbonyl (C=O) groups excluding carboxylic acids is 1. The Hall–Kier alpha value is -3.16. The molecule has 3 aromatic rings. The molecule has 1 atom stereocenters. The normalized spacial score (nSPS) is 12.0. The van der Waals surface area contributed by atoms with Gasteiger partial charge < -0.3 is 24.8 Å². The van der Waals surface area contributed by atoms with Crippen LogP contribution in [0.5, 0.6) is 5.75 Å². The van der Waals surface area contributed by atoms with E-state index in [9.17, 15) is 9.90 Å². The molecule has 0 unspecified atom stereocenters. The van der Waals surface area contributed by atoms with Crippen molar-refractivity contribution in [2.75, 3.05) is 18.5 Å². The highest BCUT2D eigenvalue weighted by Crippen LogP contribution is 2.23. The number of aromatic nitrogens is 1. The Morgan fingerprint density at radius 2 is 1.83 bits per heavy atom. The highest BCUT2D eigenvalue weighted by molar-refractivity contribution is 6.03. The molecule has 0 aliphatic rings. The Kier molecular flexibility index (Phi) is 7.21. The lowest BCUT2D eigenvalue weighted by Gasteiger charge is -2.10. The number of ether oxygens (including phenoxy) is 1. The molecule has 0 bridgehead atoms. The van der Waals surface area contributed by atoms with Crippen LogP contribution in [0.25, 0.3) is 11.3 Å². The Labute approximate surface area is 175 Å². The van der Waals surface area contributed by atoms with Gasteiger partial charge in [-0.15, -0.1) is 0 Å². The third-order valence-electron chi connectivity index (χ3n) is 4.39. The quantitative estimate of drug-likeness (QED) is 0.498. The van der Waals surface area contributed by atoms with Gasteiger partial charge in [0.05, 0.1) is 6.61 Å². The van der Waals surface area contributed by atoms with E-state index in [2.05, 4.69) is 36.5 Å². The molecule has 0 aliphatic heterocycles. The average molecular weight is 410 g/mol. The lowest BCUT2D eigenvalue weighted by atomic mass is 10.0. The van der Waals surface area contributed by atoms with Gasteiger partial charge in [-0.25, -0.2) is 0 Å². The summed E-state index contributed by atoms with van der Waals surface area (Å²) >= 11 is 0. The summed E-state index contributed by atoms with van der Waals surface area (Å²) in [6.07, 6.45) is 0.0769. The van der Waals surface area contributed by atoms with Gasteiger partial charge in [0.25, 0.3) is 5.91 Å². The molecule has 158 valence electrons. The number of benzene rings is 2. The molecule has 0 saturated heterocycles. The molecule has 0 fully saturated rings. The van der Waals surface area contributed by atoms with Crippen LogP contribution in [0.3, 0.4) is 0 Å². The van der Waals surface area contributed by atoms with Crippen LogP contribution in [0.4, 0.5) is 5.69 Å². The summed E-state index contributed by atoms with van der Waals surface area (Å²) in [6.45, 7) is 3.98. The first-order chi connectivity index (χ1) is 14.4. The molecule has 1 aromatic heterocycles. The van der Waals surface area contributed by atoms with Gasteiger partial charge in [0.1, 0.15) is 18.5 Å². The van der Waals surface area contributed by atoms with E-state index >= 15 is 0 Å². The van der Waals surface area contributed by atoms with Gasteiger partial charge in [0, 0.05) is 17.3 Å². The maximum absolute atomic E-state index is 12.4. The summed E-state index contributed by atoms with van der Waals surface area (Å²) in [7, 11) is 0. The summed E-state index contributed by atoms with van der Waals surface area (Å²) in [6, 6.07) is 16.3. The zero-order valence-electron chi connectivity index (χ0n) is 17.0. The van der Waals surface area contributed by atoms with Gasteiger partial charge in [0.2, 0.25) is 0 Å². The molecule has 1 amide bonds. The van der Waals surface area contributed by atoms with E-state index in [1.54, 1.807) is 30.3 Å². The topological polar surface area (TPSA) is 105 Å². The van der Waals surface area contributed by atoms with Crippen molar-refractivity contribution in [3.8, 4) is 17.1 Å². The molecule has 0 spiro atoms. The van der Waals surface area contributed by atoms with Crippen LogP contribution >= 0.6 is 0 Å². The predicted molar refractivity (Wildman–Crippen MR) is 113 cm³/mol. The van der Waals surface area contributed by atoms with Crippen molar-refractivity contribution in [2.45, 2.75) is 26.4 Å². The summed E-state index contributed by atoms with van der Waals surface area (Å²) in [4.78, 5) is 12.4. The number of nitrogens with zero attached hydrogens (tertiary/aromatic N) is 1. The molecule has 3 rings (SSSR count). The monoisotopic (exact) mass is 410 g/mol. The van der Waals surface area contributed by atoms with Crippen molar-refractivity contribution in [3.63, 3.8) is 0 Å². The van der Waals surface area contributed by atoms with Gasteiger partial charge in [-0.2, -0.15) is 0 Å². The molecule has 3 N–H and O–H groups in total. The number of hydrogen-bond acceptors (Lipinski definition) is 6. The number of rotatable bonds is 9. The van der Waals surface area contributed by atoms with Crippen LogP contribution in [0.2, 0.25) is 0 Å². The molecule has 1 heterocycles. The van der Waals surface area contributed by atoms with E-state index in [4.69, 9.17) is 14.4 Å². The van der Waals surface area contributed by atoms with Crippen molar-refractivity contribution < 1.29 is 24.3 Å². The molecular formula is C23H26N2O5. The van der Waals surface area contributed by atoms with Crippen LogP contribution in [0.1, 0.15) is 29.9 Å². The van der Waals surface area contributed by atoms with Crippen LogP contribution in [-0.2, 0) is 6.42 Å².